The van der Waals surface area contributed by atoms with Gasteiger partial charge in [-0.3, -0.25) is 9.69 Å². The van der Waals surface area contributed by atoms with Crippen LogP contribution < -0.4 is 5.32 Å². The maximum atomic E-state index is 12.4. The minimum absolute atomic E-state index is 0.0725. The van der Waals surface area contributed by atoms with Crippen molar-refractivity contribution in [1.29, 1.82) is 0 Å². The van der Waals surface area contributed by atoms with Crippen molar-refractivity contribution < 1.29 is 4.79 Å². The number of likely N-dealkylation sites (tertiary alicyclic amines) is 1. The summed E-state index contributed by atoms with van der Waals surface area (Å²) in [6, 6.07) is 16.2. The van der Waals surface area contributed by atoms with Crippen molar-refractivity contribution in [3.63, 3.8) is 0 Å². The Balaban J connectivity index is 1.27. The molecule has 1 saturated heterocycles. The van der Waals surface area contributed by atoms with Gasteiger partial charge in [0.05, 0.1) is 23.9 Å². The maximum absolute atomic E-state index is 12.4. The number of fused-ring (bicyclic) bond motifs is 1. The zero-order chi connectivity index (χ0) is 18.6. The van der Waals surface area contributed by atoms with Gasteiger partial charge in [0.1, 0.15) is 0 Å². The Hall–Kier alpha value is -2.66. The topological polar surface area (TPSA) is 50.2 Å². The van der Waals surface area contributed by atoms with Crippen molar-refractivity contribution >= 4 is 22.6 Å². The van der Waals surface area contributed by atoms with Crippen molar-refractivity contribution in [3.05, 3.63) is 60.4 Å². The van der Waals surface area contributed by atoms with E-state index in [1.807, 2.05) is 43.6 Å². The number of hydrogen-bond donors (Lipinski definition) is 1. The van der Waals surface area contributed by atoms with Crippen molar-refractivity contribution in [1.82, 2.24) is 14.5 Å². The molecule has 1 N–H and O–H groups in total. The number of hydrogen-bond acceptors (Lipinski definition) is 3. The summed E-state index contributed by atoms with van der Waals surface area (Å²) in [4.78, 5) is 19.1. The van der Waals surface area contributed by atoms with Crippen LogP contribution in [0.2, 0.25) is 0 Å². The molecule has 1 fully saturated rings. The van der Waals surface area contributed by atoms with E-state index in [1.165, 1.54) is 5.52 Å². The van der Waals surface area contributed by atoms with E-state index in [2.05, 4.69) is 38.0 Å². The molecule has 0 aliphatic carbocycles. The fourth-order valence-electron chi connectivity index (χ4n) is 3.87. The van der Waals surface area contributed by atoms with Crippen LogP contribution >= 0.6 is 0 Å². The number of aryl methyl sites for hydroxylation is 1. The van der Waals surface area contributed by atoms with Crippen LogP contribution in [0.3, 0.4) is 0 Å². The summed E-state index contributed by atoms with van der Waals surface area (Å²) in [5, 5.41) is 3.03. The van der Waals surface area contributed by atoms with Crippen LogP contribution in [-0.2, 0) is 11.3 Å². The molecule has 27 heavy (non-hydrogen) atoms. The third-order valence-corrected chi connectivity index (χ3v) is 5.48. The highest BCUT2D eigenvalue weighted by molar-refractivity contribution is 5.92. The molecule has 140 valence electrons. The lowest BCUT2D eigenvalue weighted by atomic mass is 9.96. The van der Waals surface area contributed by atoms with Gasteiger partial charge in [0.15, 0.2) is 0 Å². The molecule has 4 rings (SSSR count). The lowest BCUT2D eigenvalue weighted by molar-refractivity contribution is -0.117. The first-order valence-corrected chi connectivity index (χ1v) is 9.67. The number of aromatic nitrogens is 2. The summed E-state index contributed by atoms with van der Waals surface area (Å²) < 4.78 is 2.26. The standard InChI is InChI=1S/C22H26N4O/c1-17-6-2-3-7-19(17)24-22(27)15-25-12-10-18(11-13-25)14-26-16-23-20-8-4-5-9-21(20)26/h2-9,16,18H,10-15H2,1H3,(H,24,27). The molecule has 0 spiro atoms. The van der Waals surface area contributed by atoms with Crippen molar-refractivity contribution in [2.24, 2.45) is 5.92 Å². The van der Waals surface area contributed by atoms with E-state index in [9.17, 15) is 4.79 Å². The molecule has 0 bridgehead atoms. The Morgan fingerprint density at radius 3 is 2.67 bits per heavy atom. The lowest BCUT2D eigenvalue weighted by Crippen LogP contribution is -2.40. The van der Waals surface area contributed by atoms with Crippen LogP contribution in [0.5, 0.6) is 0 Å². The molecular formula is C22H26N4O. The van der Waals surface area contributed by atoms with E-state index in [0.717, 1.165) is 49.2 Å². The van der Waals surface area contributed by atoms with Gasteiger partial charge >= 0.3 is 0 Å². The summed E-state index contributed by atoms with van der Waals surface area (Å²) in [6.45, 7) is 5.43. The maximum Gasteiger partial charge on any atom is 0.238 e. The van der Waals surface area contributed by atoms with Crippen LogP contribution in [0.25, 0.3) is 11.0 Å². The molecule has 1 aliphatic rings. The molecule has 0 atom stereocenters. The van der Waals surface area contributed by atoms with Gasteiger partial charge in [0.2, 0.25) is 5.91 Å². The molecule has 0 saturated carbocycles. The Labute approximate surface area is 160 Å². The monoisotopic (exact) mass is 362 g/mol. The highest BCUT2D eigenvalue weighted by Gasteiger charge is 2.21. The van der Waals surface area contributed by atoms with Crippen molar-refractivity contribution in [3.8, 4) is 0 Å². The second-order valence-corrected chi connectivity index (χ2v) is 7.47. The predicted octanol–water partition coefficient (Wildman–Crippen LogP) is 3.70. The van der Waals surface area contributed by atoms with Crippen LogP contribution in [-0.4, -0.2) is 40.0 Å². The molecule has 2 heterocycles. The fourth-order valence-corrected chi connectivity index (χ4v) is 3.87. The molecule has 1 aromatic heterocycles. The Bertz CT molecular complexity index is 925. The van der Waals surface area contributed by atoms with Crippen molar-refractivity contribution in [2.75, 3.05) is 25.0 Å². The molecule has 0 unspecified atom stereocenters. The van der Waals surface area contributed by atoms with Crippen molar-refractivity contribution in [2.45, 2.75) is 26.3 Å². The average molecular weight is 362 g/mol. The van der Waals surface area contributed by atoms with Crippen LogP contribution in [0.4, 0.5) is 5.69 Å². The molecule has 2 aromatic carbocycles. The van der Waals surface area contributed by atoms with Crippen LogP contribution in [0.1, 0.15) is 18.4 Å². The number of piperidine rings is 1. The van der Waals surface area contributed by atoms with E-state index < -0.39 is 0 Å². The van der Waals surface area contributed by atoms with Gasteiger partial charge in [-0.25, -0.2) is 4.98 Å². The second-order valence-electron chi connectivity index (χ2n) is 7.47. The Kier molecular flexibility index (Phi) is 5.21. The molecule has 5 heteroatoms. The number of carbonyl (C=O) groups excluding carboxylic acids is 1. The number of benzene rings is 2. The molecule has 5 nitrogen and oxygen atoms in total. The van der Waals surface area contributed by atoms with E-state index >= 15 is 0 Å². The number of anilines is 1. The molecule has 1 aliphatic heterocycles. The zero-order valence-electron chi connectivity index (χ0n) is 15.8. The largest absolute Gasteiger partial charge is 0.330 e. The van der Waals surface area contributed by atoms with Gasteiger partial charge in [-0.1, -0.05) is 30.3 Å². The van der Waals surface area contributed by atoms with E-state index in [4.69, 9.17) is 0 Å². The molecule has 1 amide bonds. The normalized spacial score (nSPS) is 15.9. The molecule has 0 radical (unpaired) electrons. The first kappa shape index (κ1) is 17.7. The average Bonchev–Trinajstić information content (AvgIpc) is 3.08. The van der Waals surface area contributed by atoms with Gasteiger partial charge in [-0.15, -0.1) is 0 Å². The second kappa shape index (κ2) is 7.92. The van der Waals surface area contributed by atoms with Gasteiger partial charge in [0.25, 0.3) is 0 Å². The number of carbonyl (C=O) groups is 1. The Morgan fingerprint density at radius 1 is 1.11 bits per heavy atom. The number of para-hydroxylation sites is 3. The SMILES string of the molecule is Cc1ccccc1NC(=O)CN1CCC(Cn2cnc3ccccc32)CC1. The summed E-state index contributed by atoms with van der Waals surface area (Å²) in [5.74, 6) is 0.710. The number of imidazole rings is 1. The van der Waals surface area contributed by atoms with Gasteiger partial charge < -0.3 is 9.88 Å². The highest BCUT2D eigenvalue weighted by atomic mass is 16.2. The number of amides is 1. The first-order chi connectivity index (χ1) is 13.2. The van der Waals surface area contributed by atoms with Crippen LogP contribution in [0, 0.1) is 12.8 Å². The molecular weight excluding hydrogens is 336 g/mol. The third kappa shape index (κ3) is 4.19. The smallest absolute Gasteiger partial charge is 0.238 e. The van der Waals surface area contributed by atoms with Gasteiger partial charge in [-0.2, -0.15) is 0 Å². The van der Waals surface area contributed by atoms with Gasteiger partial charge in [-0.05, 0) is 62.5 Å². The number of nitrogens with zero attached hydrogens (tertiary/aromatic N) is 3. The summed E-state index contributed by atoms with van der Waals surface area (Å²) in [5.41, 5.74) is 4.27. The lowest BCUT2D eigenvalue weighted by Gasteiger charge is -2.31. The molecule has 3 aromatic rings. The van der Waals surface area contributed by atoms with E-state index in [-0.39, 0.29) is 5.91 Å². The van der Waals surface area contributed by atoms with Crippen LogP contribution in [0.15, 0.2) is 54.9 Å². The minimum Gasteiger partial charge on any atom is -0.330 e. The van der Waals surface area contributed by atoms with Gasteiger partial charge in [0, 0.05) is 12.2 Å². The summed E-state index contributed by atoms with van der Waals surface area (Å²) >= 11 is 0. The predicted molar refractivity (Wildman–Crippen MR) is 109 cm³/mol. The Morgan fingerprint density at radius 2 is 1.85 bits per heavy atom. The fraction of sp³-hybridized carbons (Fsp3) is 0.364. The first-order valence-electron chi connectivity index (χ1n) is 9.67. The van der Waals surface area contributed by atoms with E-state index in [1.54, 1.807) is 0 Å². The highest BCUT2D eigenvalue weighted by Crippen LogP contribution is 2.22. The summed E-state index contributed by atoms with van der Waals surface area (Å²) in [7, 11) is 0. The van der Waals surface area contributed by atoms with E-state index in [0.29, 0.717) is 12.5 Å². The third-order valence-electron chi connectivity index (χ3n) is 5.48. The zero-order valence-corrected chi connectivity index (χ0v) is 15.8. The minimum atomic E-state index is 0.0725. The number of rotatable bonds is 5. The summed E-state index contributed by atoms with van der Waals surface area (Å²) in [6.07, 6.45) is 4.18. The number of nitrogens with one attached hydrogen (secondary N) is 1. The quantitative estimate of drug-likeness (QED) is 0.753.